The number of likely N-dealkylation sites (tertiary alicyclic amines) is 1. The highest BCUT2D eigenvalue weighted by Gasteiger charge is 2.34. The van der Waals surface area contributed by atoms with Crippen molar-refractivity contribution >= 4 is 5.91 Å². The van der Waals surface area contributed by atoms with Crippen LogP contribution in [-0.4, -0.2) is 48.6 Å². The van der Waals surface area contributed by atoms with Gasteiger partial charge in [0.25, 0.3) is 0 Å². The third-order valence-electron chi connectivity index (χ3n) is 5.19. The van der Waals surface area contributed by atoms with E-state index in [1.165, 1.54) is 45.2 Å². The Balaban J connectivity index is 1.33. The molecule has 0 aromatic carbocycles. The SMILES string of the molecule is CC(NCC1CCN(C2CC2)C1)C(=O)NC1CCCC1. The van der Waals surface area contributed by atoms with Crippen LogP contribution in [0, 0.1) is 5.92 Å². The Morgan fingerprint density at radius 2 is 1.95 bits per heavy atom. The average molecular weight is 279 g/mol. The molecule has 2 N–H and O–H groups in total. The molecule has 2 unspecified atom stereocenters. The number of hydrogen-bond acceptors (Lipinski definition) is 3. The van der Waals surface area contributed by atoms with Gasteiger partial charge in [-0.1, -0.05) is 12.8 Å². The summed E-state index contributed by atoms with van der Waals surface area (Å²) in [5.41, 5.74) is 0. The Bertz CT molecular complexity index is 337. The Morgan fingerprint density at radius 1 is 1.20 bits per heavy atom. The van der Waals surface area contributed by atoms with Crippen LogP contribution in [0.15, 0.2) is 0 Å². The molecular weight excluding hydrogens is 250 g/mol. The first-order valence-electron chi connectivity index (χ1n) is 8.50. The molecular formula is C16H29N3O. The monoisotopic (exact) mass is 279 g/mol. The molecule has 0 aromatic rings. The molecule has 1 amide bonds. The highest BCUT2D eigenvalue weighted by Crippen LogP contribution is 2.31. The minimum Gasteiger partial charge on any atom is -0.352 e. The summed E-state index contributed by atoms with van der Waals surface area (Å²) in [5, 5.41) is 6.62. The van der Waals surface area contributed by atoms with E-state index in [0.717, 1.165) is 31.3 Å². The van der Waals surface area contributed by atoms with Gasteiger partial charge >= 0.3 is 0 Å². The fraction of sp³-hybridized carbons (Fsp3) is 0.938. The van der Waals surface area contributed by atoms with Crippen LogP contribution in [0.3, 0.4) is 0 Å². The highest BCUT2D eigenvalue weighted by molar-refractivity contribution is 5.81. The van der Waals surface area contributed by atoms with Crippen molar-refractivity contribution in [3.05, 3.63) is 0 Å². The minimum atomic E-state index is -0.0504. The summed E-state index contributed by atoms with van der Waals surface area (Å²) in [5.74, 6) is 0.922. The molecule has 4 nitrogen and oxygen atoms in total. The summed E-state index contributed by atoms with van der Waals surface area (Å²) < 4.78 is 0. The van der Waals surface area contributed by atoms with Crippen LogP contribution >= 0.6 is 0 Å². The van der Waals surface area contributed by atoms with Gasteiger partial charge in [0.1, 0.15) is 0 Å². The molecule has 3 rings (SSSR count). The molecule has 3 aliphatic rings. The standard InChI is InChI=1S/C16H29N3O/c1-12(16(20)18-14-4-2-3-5-14)17-10-13-8-9-19(11-13)15-6-7-15/h12-15,17H,2-11H2,1H3,(H,18,20). The largest absolute Gasteiger partial charge is 0.352 e. The van der Waals surface area contributed by atoms with Crippen LogP contribution in [0.5, 0.6) is 0 Å². The van der Waals surface area contributed by atoms with Crippen molar-refractivity contribution in [2.75, 3.05) is 19.6 Å². The first kappa shape index (κ1) is 14.3. The topological polar surface area (TPSA) is 44.4 Å². The van der Waals surface area contributed by atoms with Gasteiger partial charge in [-0.2, -0.15) is 0 Å². The molecule has 1 aliphatic heterocycles. The lowest BCUT2D eigenvalue weighted by atomic mass is 10.1. The van der Waals surface area contributed by atoms with E-state index in [2.05, 4.69) is 15.5 Å². The fourth-order valence-electron chi connectivity index (χ4n) is 3.63. The maximum Gasteiger partial charge on any atom is 0.237 e. The molecule has 4 heteroatoms. The van der Waals surface area contributed by atoms with E-state index in [4.69, 9.17) is 0 Å². The molecule has 2 saturated carbocycles. The van der Waals surface area contributed by atoms with Crippen LogP contribution in [0.25, 0.3) is 0 Å². The lowest BCUT2D eigenvalue weighted by Crippen LogP contribution is -2.46. The number of amides is 1. The Hall–Kier alpha value is -0.610. The lowest BCUT2D eigenvalue weighted by Gasteiger charge is -2.20. The van der Waals surface area contributed by atoms with Crippen molar-refractivity contribution < 1.29 is 4.79 Å². The quantitative estimate of drug-likeness (QED) is 0.774. The van der Waals surface area contributed by atoms with Crippen molar-refractivity contribution in [2.24, 2.45) is 5.92 Å². The Kier molecular flexibility index (Phi) is 4.61. The molecule has 1 heterocycles. The van der Waals surface area contributed by atoms with Crippen LogP contribution < -0.4 is 10.6 Å². The summed E-state index contributed by atoms with van der Waals surface area (Å²) in [7, 11) is 0. The first-order chi connectivity index (χ1) is 9.72. The number of carbonyl (C=O) groups excluding carboxylic acids is 1. The van der Waals surface area contributed by atoms with Gasteiger partial charge in [-0.15, -0.1) is 0 Å². The summed E-state index contributed by atoms with van der Waals surface area (Å²) >= 11 is 0. The van der Waals surface area contributed by atoms with E-state index < -0.39 is 0 Å². The number of nitrogens with one attached hydrogen (secondary N) is 2. The van der Waals surface area contributed by atoms with E-state index in [9.17, 15) is 4.79 Å². The van der Waals surface area contributed by atoms with Gasteiger partial charge < -0.3 is 15.5 Å². The zero-order valence-corrected chi connectivity index (χ0v) is 12.7. The van der Waals surface area contributed by atoms with Gasteiger partial charge in [-0.3, -0.25) is 4.79 Å². The molecule has 20 heavy (non-hydrogen) atoms. The van der Waals surface area contributed by atoms with Crippen LogP contribution in [0.2, 0.25) is 0 Å². The zero-order chi connectivity index (χ0) is 13.9. The lowest BCUT2D eigenvalue weighted by molar-refractivity contribution is -0.123. The minimum absolute atomic E-state index is 0.0504. The summed E-state index contributed by atoms with van der Waals surface area (Å²) in [6.07, 6.45) is 8.97. The van der Waals surface area contributed by atoms with Gasteiger partial charge in [0.05, 0.1) is 6.04 Å². The average Bonchev–Trinajstić information content (AvgIpc) is 2.98. The normalized spacial score (nSPS) is 29.8. The van der Waals surface area contributed by atoms with E-state index in [0.29, 0.717) is 6.04 Å². The van der Waals surface area contributed by atoms with Gasteiger partial charge in [0.2, 0.25) is 5.91 Å². The maximum atomic E-state index is 12.1. The first-order valence-corrected chi connectivity index (χ1v) is 8.50. The predicted octanol–water partition coefficient (Wildman–Crippen LogP) is 1.51. The highest BCUT2D eigenvalue weighted by atomic mass is 16.2. The van der Waals surface area contributed by atoms with Crippen LogP contribution in [0.4, 0.5) is 0 Å². The molecule has 2 atom stereocenters. The van der Waals surface area contributed by atoms with Crippen molar-refractivity contribution in [1.82, 2.24) is 15.5 Å². The van der Waals surface area contributed by atoms with Gasteiger partial charge in [-0.05, 0) is 58.0 Å². The number of hydrogen-bond donors (Lipinski definition) is 2. The predicted molar refractivity (Wildman–Crippen MR) is 80.6 cm³/mol. The number of nitrogens with zero attached hydrogens (tertiary/aromatic N) is 1. The summed E-state index contributed by atoms with van der Waals surface area (Å²) in [6, 6.07) is 1.28. The summed E-state index contributed by atoms with van der Waals surface area (Å²) in [6.45, 7) is 5.48. The van der Waals surface area contributed by atoms with Crippen molar-refractivity contribution in [3.63, 3.8) is 0 Å². The number of carbonyl (C=O) groups is 1. The van der Waals surface area contributed by atoms with Crippen molar-refractivity contribution in [1.29, 1.82) is 0 Å². The van der Waals surface area contributed by atoms with Crippen LogP contribution in [-0.2, 0) is 4.79 Å². The molecule has 0 aromatic heterocycles. The molecule has 114 valence electrons. The molecule has 0 bridgehead atoms. The molecule has 2 aliphatic carbocycles. The second-order valence-electron chi connectivity index (χ2n) is 7.00. The van der Waals surface area contributed by atoms with Crippen molar-refractivity contribution in [2.45, 2.75) is 70.0 Å². The fourth-order valence-corrected chi connectivity index (χ4v) is 3.63. The second kappa shape index (κ2) is 6.44. The third-order valence-corrected chi connectivity index (χ3v) is 5.19. The van der Waals surface area contributed by atoms with Crippen LogP contribution in [0.1, 0.15) is 51.9 Å². The molecule has 3 fully saturated rings. The van der Waals surface area contributed by atoms with Gasteiger partial charge in [0, 0.05) is 18.6 Å². The van der Waals surface area contributed by atoms with E-state index in [1.807, 2.05) is 6.92 Å². The van der Waals surface area contributed by atoms with E-state index in [1.54, 1.807) is 0 Å². The Morgan fingerprint density at radius 3 is 2.65 bits per heavy atom. The van der Waals surface area contributed by atoms with E-state index in [-0.39, 0.29) is 11.9 Å². The third kappa shape index (κ3) is 3.73. The van der Waals surface area contributed by atoms with Crippen molar-refractivity contribution in [3.8, 4) is 0 Å². The molecule has 0 radical (unpaired) electrons. The summed E-state index contributed by atoms with van der Waals surface area (Å²) in [4.78, 5) is 14.7. The number of rotatable bonds is 6. The maximum absolute atomic E-state index is 12.1. The Labute approximate surface area is 122 Å². The molecule has 1 saturated heterocycles. The zero-order valence-electron chi connectivity index (χ0n) is 12.7. The van der Waals surface area contributed by atoms with Gasteiger partial charge in [0.15, 0.2) is 0 Å². The molecule has 0 spiro atoms. The van der Waals surface area contributed by atoms with E-state index >= 15 is 0 Å². The second-order valence-corrected chi connectivity index (χ2v) is 7.00. The smallest absolute Gasteiger partial charge is 0.237 e. The van der Waals surface area contributed by atoms with Gasteiger partial charge in [-0.25, -0.2) is 0 Å².